The summed E-state index contributed by atoms with van der Waals surface area (Å²) in [4.78, 5) is 11.4. The van der Waals surface area contributed by atoms with Crippen LogP contribution in [0.2, 0.25) is 0 Å². The molecule has 0 amide bonds. The maximum absolute atomic E-state index is 11.4. The van der Waals surface area contributed by atoms with E-state index in [-0.39, 0.29) is 5.78 Å². The van der Waals surface area contributed by atoms with Crippen molar-refractivity contribution in [2.75, 3.05) is 0 Å². The summed E-state index contributed by atoms with van der Waals surface area (Å²) < 4.78 is 11.4. The van der Waals surface area contributed by atoms with Gasteiger partial charge in [-0.25, -0.2) is 0 Å². The number of ketones is 1. The summed E-state index contributed by atoms with van der Waals surface area (Å²) in [6.45, 7) is 5.23. The minimum atomic E-state index is -0.611. The normalized spacial score (nSPS) is 22.2. The topological polar surface area (TPSA) is 35.5 Å². The zero-order chi connectivity index (χ0) is 11.1. The molecule has 15 heavy (non-hydrogen) atoms. The van der Waals surface area contributed by atoms with Gasteiger partial charge < -0.3 is 9.47 Å². The van der Waals surface area contributed by atoms with E-state index < -0.39 is 11.7 Å². The Balaban J connectivity index is 2.40. The molecule has 3 nitrogen and oxygen atoms in total. The molecule has 80 valence electrons. The van der Waals surface area contributed by atoms with E-state index >= 15 is 0 Å². The van der Waals surface area contributed by atoms with Crippen LogP contribution in [0.25, 0.3) is 0 Å². The number of fused-ring (bicyclic) bond motifs is 1. The third-order valence-electron chi connectivity index (χ3n) is 2.47. The molecule has 0 N–H and O–H groups in total. The summed E-state index contributed by atoms with van der Waals surface area (Å²) in [6, 6.07) is 7.39. The highest BCUT2D eigenvalue weighted by Crippen LogP contribution is 2.37. The van der Waals surface area contributed by atoms with Gasteiger partial charge in [0.1, 0.15) is 5.60 Å². The fourth-order valence-corrected chi connectivity index (χ4v) is 1.81. The van der Waals surface area contributed by atoms with Gasteiger partial charge in [-0.2, -0.15) is 0 Å². The molecular formula is C12H14O3. The molecule has 1 aliphatic heterocycles. The van der Waals surface area contributed by atoms with Gasteiger partial charge in [0.2, 0.25) is 0 Å². The molecule has 1 aliphatic rings. The second-order valence-electron chi connectivity index (χ2n) is 4.26. The number of hydrogen-bond donors (Lipinski definition) is 0. The van der Waals surface area contributed by atoms with Crippen molar-refractivity contribution in [2.45, 2.75) is 32.5 Å². The summed E-state index contributed by atoms with van der Waals surface area (Å²) >= 11 is 0. The zero-order valence-electron chi connectivity index (χ0n) is 9.11. The van der Waals surface area contributed by atoms with Crippen LogP contribution < -0.4 is 9.47 Å². The van der Waals surface area contributed by atoms with Gasteiger partial charge in [0.05, 0.1) is 0 Å². The Morgan fingerprint density at radius 1 is 1.27 bits per heavy atom. The first-order chi connectivity index (χ1) is 7.00. The molecule has 0 saturated carbocycles. The van der Waals surface area contributed by atoms with E-state index in [0.717, 1.165) is 0 Å². The van der Waals surface area contributed by atoms with Gasteiger partial charge in [0.15, 0.2) is 23.4 Å². The molecule has 1 heterocycles. The molecule has 0 aliphatic carbocycles. The number of rotatable bonds is 1. The third kappa shape index (κ3) is 1.69. The van der Waals surface area contributed by atoms with Crippen LogP contribution >= 0.6 is 0 Å². The molecule has 0 radical (unpaired) electrons. The molecular weight excluding hydrogens is 192 g/mol. The highest BCUT2D eigenvalue weighted by atomic mass is 16.6. The molecule has 3 heteroatoms. The van der Waals surface area contributed by atoms with Gasteiger partial charge in [0, 0.05) is 0 Å². The van der Waals surface area contributed by atoms with E-state index in [4.69, 9.17) is 9.47 Å². The van der Waals surface area contributed by atoms with Crippen molar-refractivity contribution in [2.24, 2.45) is 0 Å². The predicted molar refractivity (Wildman–Crippen MR) is 56.2 cm³/mol. The first-order valence-electron chi connectivity index (χ1n) is 4.96. The number of ether oxygens (including phenoxy) is 2. The van der Waals surface area contributed by atoms with Crippen molar-refractivity contribution >= 4 is 5.78 Å². The average molecular weight is 206 g/mol. The van der Waals surface area contributed by atoms with E-state index in [1.165, 1.54) is 6.92 Å². The Kier molecular flexibility index (Phi) is 2.18. The lowest BCUT2D eigenvalue weighted by Gasteiger charge is -2.38. The first kappa shape index (κ1) is 10.0. The SMILES string of the molecule is CC(=O)C1Oc2ccccc2OC1(C)C. The average Bonchev–Trinajstić information content (AvgIpc) is 2.14. The highest BCUT2D eigenvalue weighted by Gasteiger charge is 2.41. The van der Waals surface area contributed by atoms with Gasteiger partial charge in [-0.1, -0.05) is 12.1 Å². The molecule has 0 spiro atoms. The molecule has 2 rings (SSSR count). The standard InChI is InChI=1S/C12H14O3/c1-8(13)11-12(2,3)15-10-7-5-4-6-9(10)14-11/h4-7,11H,1-3H3. The number of benzene rings is 1. The van der Waals surface area contributed by atoms with Crippen LogP contribution in [-0.4, -0.2) is 17.5 Å². The zero-order valence-corrected chi connectivity index (χ0v) is 9.11. The van der Waals surface area contributed by atoms with Crippen LogP contribution in [0, 0.1) is 0 Å². The van der Waals surface area contributed by atoms with Gasteiger partial charge in [0.25, 0.3) is 0 Å². The molecule has 1 unspecified atom stereocenters. The summed E-state index contributed by atoms with van der Waals surface area (Å²) in [6.07, 6.45) is -0.535. The van der Waals surface area contributed by atoms with Crippen LogP contribution in [-0.2, 0) is 4.79 Å². The maximum atomic E-state index is 11.4. The van der Waals surface area contributed by atoms with E-state index in [2.05, 4.69) is 0 Å². The minimum Gasteiger partial charge on any atom is -0.480 e. The lowest BCUT2D eigenvalue weighted by atomic mass is 9.96. The van der Waals surface area contributed by atoms with Gasteiger partial charge in [-0.05, 0) is 32.9 Å². The van der Waals surface area contributed by atoms with Crippen molar-refractivity contribution < 1.29 is 14.3 Å². The van der Waals surface area contributed by atoms with E-state index in [1.54, 1.807) is 6.07 Å². The number of carbonyl (C=O) groups is 1. The van der Waals surface area contributed by atoms with E-state index in [9.17, 15) is 4.79 Å². The summed E-state index contributed by atoms with van der Waals surface area (Å²) in [5, 5.41) is 0. The Morgan fingerprint density at radius 3 is 2.47 bits per heavy atom. The van der Waals surface area contributed by atoms with Crippen molar-refractivity contribution in [3.8, 4) is 11.5 Å². The van der Waals surface area contributed by atoms with Crippen LogP contribution in [0.3, 0.4) is 0 Å². The number of hydrogen-bond acceptors (Lipinski definition) is 3. The molecule has 0 fully saturated rings. The fourth-order valence-electron chi connectivity index (χ4n) is 1.81. The van der Waals surface area contributed by atoms with Gasteiger partial charge in [-0.3, -0.25) is 4.79 Å². The van der Waals surface area contributed by atoms with Crippen LogP contribution in [0.15, 0.2) is 24.3 Å². The molecule has 1 aromatic rings. The Labute approximate surface area is 89.0 Å². The molecule has 0 aromatic heterocycles. The van der Waals surface area contributed by atoms with Crippen LogP contribution in [0.1, 0.15) is 20.8 Å². The minimum absolute atomic E-state index is 0.0190. The van der Waals surface area contributed by atoms with Crippen molar-refractivity contribution in [3.05, 3.63) is 24.3 Å². The monoisotopic (exact) mass is 206 g/mol. The molecule has 0 bridgehead atoms. The van der Waals surface area contributed by atoms with Gasteiger partial charge >= 0.3 is 0 Å². The number of carbonyl (C=O) groups excluding carboxylic acids is 1. The lowest BCUT2D eigenvalue weighted by Crippen LogP contribution is -2.52. The quantitative estimate of drug-likeness (QED) is 0.706. The lowest BCUT2D eigenvalue weighted by molar-refractivity contribution is -0.135. The Morgan fingerprint density at radius 2 is 1.87 bits per heavy atom. The Bertz CT molecular complexity index is 396. The molecule has 0 saturated heterocycles. The highest BCUT2D eigenvalue weighted by molar-refractivity contribution is 5.82. The summed E-state index contributed by atoms with van der Waals surface area (Å²) in [5.41, 5.74) is -0.611. The fraction of sp³-hybridized carbons (Fsp3) is 0.417. The van der Waals surface area contributed by atoms with Crippen molar-refractivity contribution in [3.63, 3.8) is 0 Å². The first-order valence-corrected chi connectivity index (χ1v) is 4.96. The van der Waals surface area contributed by atoms with E-state index in [1.807, 2.05) is 32.0 Å². The largest absolute Gasteiger partial charge is 0.480 e. The van der Waals surface area contributed by atoms with Crippen molar-refractivity contribution in [1.29, 1.82) is 0 Å². The summed E-state index contributed by atoms with van der Waals surface area (Å²) in [7, 11) is 0. The third-order valence-corrected chi connectivity index (χ3v) is 2.47. The second-order valence-corrected chi connectivity index (χ2v) is 4.26. The Hall–Kier alpha value is -1.51. The molecule has 1 aromatic carbocycles. The van der Waals surface area contributed by atoms with Crippen LogP contribution in [0.5, 0.6) is 11.5 Å². The predicted octanol–water partition coefficient (Wildman–Crippen LogP) is 2.19. The van der Waals surface area contributed by atoms with Crippen LogP contribution in [0.4, 0.5) is 0 Å². The number of Topliss-reactive ketones (excluding diaryl/α,β-unsaturated/α-hetero) is 1. The maximum Gasteiger partial charge on any atom is 0.195 e. The second kappa shape index (κ2) is 3.26. The smallest absolute Gasteiger partial charge is 0.195 e. The van der Waals surface area contributed by atoms with E-state index in [0.29, 0.717) is 11.5 Å². The van der Waals surface area contributed by atoms with Gasteiger partial charge in [-0.15, -0.1) is 0 Å². The summed E-state index contributed by atoms with van der Waals surface area (Å²) in [5.74, 6) is 1.31. The molecule has 1 atom stereocenters. The number of para-hydroxylation sites is 2. The van der Waals surface area contributed by atoms with Crippen molar-refractivity contribution in [1.82, 2.24) is 0 Å².